The number of benzene rings is 1. The Morgan fingerprint density at radius 1 is 1.05 bits per heavy atom. The Hall–Kier alpha value is -1.76. The van der Waals surface area contributed by atoms with Gasteiger partial charge in [0, 0.05) is 18.3 Å². The largest absolute Gasteiger partial charge is 0.343 e. The van der Waals surface area contributed by atoms with Crippen LogP contribution in [0.1, 0.15) is 40.0 Å². The zero-order valence-electron chi connectivity index (χ0n) is 12.9. The smallest absolute Gasteiger partial charge is 0.0483 e. The molecule has 0 N–H and O–H groups in total. The molecule has 0 aliphatic rings. The molecular weight excluding hydrogens is 242 g/mol. The van der Waals surface area contributed by atoms with Gasteiger partial charge >= 0.3 is 0 Å². The average Bonchev–Trinajstić information content (AvgIpc) is 2.83. The number of hydrogen-bond acceptors (Lipinski definition) is 0. The first-order chi connectivity index (χ1) is 9.70. The Balaban J connectivity index is 1.97. The van der Waals surface area contributed by atoms with Crippen LogP contribution >= 0.6 is 0 Å². The Kier molecular flexibility index (Phi) is 5.23. The van der Waals surface area contributed by atoms with E-state index in [9.17, 15) is 0 Å². The second-order valence-corrected chi connectivity index (χ2v) is 5.55. The fourth-order valence-electron chi connectivity index (χ4n) is 2.61. The van der Waals surface area contributed by atoms with Crippen molar-refractivity contribution in [1.82, 2.24) is 4.57 Å². The molecule has 0 unspecified atom stereocenters. The van der Waals surface area contributed by atoms with Crippen LogP contribution in [0.5, 0.6) is 0 Å². The highest BCUT2D eigenvalue weighted by molar-refractivity contribution is 5.79. The molecule has 1 aromatic heterocycles. The summed E-state index contributed by atoms with van der Waals surface area (Å²) in [5, 5.41) is 1.32. The van der Waals surface area contributed by atoms with Gasteiger partial charge in [-0.1, -0.05) is 48.4 Å². The predicted octanol–water partition coefficient (Wildman–Crippen LogP) is 5.72. The number of nitrogens with zero attached hydrogens (tertiary/aromatic N) is 1. The van der Waals surface area contributed by atoms with Crippen LogP contribution in [0.4, 0.5) is 0 Å². The first-order valence-corrected chi connectivity index (χ1v) is 7.56. The van der Waals surface area contributed by atoms with Crippen LogP contribution in [0.2, 0.25) is 0 Å². The minimum Gasteiger partial charge on any atom is -0.343 e. The molecule has 2 aromatic rings. The first-order valence-electron chi connectivity index (χ1n) is 7.56. The fraction of sp³-hybridized carbons (Fsp3) is 0.368. The number of allylic oxidation sites excluding steroid dienone is 4. The van der Waals surface area contributed by atoms with E-state index < -0.39 is 0 Å². The molecule has 0 spiro atoms. The maximum absolute atomic E-state index is 2.38. The standard InChI is InChI=1S/C19H25N/c1-4-8-16(2)9-7-10-17(3)15-20-14-13-18-11-5-6-12-19(18)20/h5-6,8,10-14H,4,7,9,15H2,1-3H3/b16-8+,17-10+. The molecule has 0 fully saturated rings. The summed E-state index contributed by atoms with van der Waals surface area (Å²) in [7, 11) is 0. The summed E-state index contributed by atoms with van der Waals surface area (Å²) >= 11 is 0. The molecule has 2 rings (SSSR count). The van der Waals surface area contributed by atoms with Crippen molar-refractivity contribution in [3.8, 4) is 0 Å². The van der Waals surface area contributed by atoms with Crippen LogP contribution in [0.25, 0.3) is 10.9 Å². The second-order valence-electron chi connectivity index (χ2n) is 5.55. The maximum Gasteiger partial charge on any atom is 0.0483 e. The van der Waals surface area contributed by atoms with Crippen LogP contribution < -0.4 is 0 Å². The van der Waals surface area contributed by atoms with E-state index in [1.807, 2.05) is 0 Å². The van der Waals surface area contributed by atoms with Crippen LogP contribution in [0.3, 0.4) is 0 Å². The lowest BCUT2D eigenvalue weighted by molar-refractivity contribution is 0.808. The van der Waals surface area contributed by atoms with Crippen molar-refractivity contribution >= 4 is 10.9 Å². The molecule has 0 saturated carbocycles. The third-order valence-corrected chi connectivity index (χ3v) is 3.68. The molecule has 0 amide bonds. The lowest BCUT2D eigenvalue weighted by Gasteiger charge is -2.06. The van der Waals surface area contributed by atoms with Crippen molar-refractivity contribution in [3.05, 3.63) is 59.8 Å². The molecule has 20 heavy (non-hydrogen) atoms. The fourth-order valence-corrected chi connectivity index (χ4v) is 2.61. The highest BCUT2D eigenvalue weighted by Gasteiger charge is 2.00. The summed E-state index contributed by atoms with van der Waals surface area (Å²) in [5.41, 5.74) is 4.26. The van der Waals surface area contributed by atoms with Gasteiger partial charge in [-0.15, -0.1) is 0 Å². The van der Waals surface area contributed by atoms with Crippen molar-refractivity contribution in [2.24, 2.45) is 0 Å². The maximum atomic E-state index is 2.38. The summed E-state index contributed by atoms with van der Waals surface area (Å²) in [5.74, 6) is 0. The van der Waals surface area contributed by atoms with Gasteiger partial charge < -0.3 is 4.57 Å². The lowest BCUT2D eigenvalue weighted by Crippen LogP contribution is -1.97. The monoisotopic (exact) mass is 267 g/mol. The van der Waals surface area contributed by atoms with E-state index in [0.29, 0.717) is 0 Å². The number of aromatic nitrogens is 1. The van der Waals surface area contributed by atoms with Gasteiger partial charge in [-0.25, -0.2) is 0 Å². The molecule has 0 aliphatic carbocycles. The van der Waals surface area contributed by atoms with Gasteiger partial charge in [0.1, 0.15) is 0 Å². The summed E-state index contributed by atoms with van der Waals surface area (Å²) < 4.78 is 2.33. The molecule has 106 valence electrons. The van der Waals surface area contributed by atoms with Gasteiger partial charge in [-0.2, -0.15) is 0 Å². The quantitative estimate of drug-likeness (QED) is 0.589. The summed E-state index contributed by atoms with van der Waals surface area (Å²) in [6.07, 6.45) is 10.4. The van der Waals surface area contributed by atoms with Gasteiger partial charge in [0.2, 0.25) is 0 Å². The zero-order chi connectivity index (χ0) is 14.4. The minimum atomic E-state index is 0.990. The Morgan fingerprint density at radius 2 is 1.85 bits per heavy atom. The van der Waals surface area contributed by atoms with Gasteiger partial charge in [0.05, 0.1) is 0 Å². The normalized spacial score (nSPS) is 13.2. The first kappa shape index (κ1) is 14.6. The molecule has 1 nitrogen and oxygen atoms in total. The molecule has 0 aliphatic heterocycles. The van der Waals surface area contributed by atoms with E-state index in [1.165, 1.54) is 28.5 Å². The molecule has 1 aromatic carbocycles. The topological polar surface area (TPSA) is 4.93 Å². The Labute approximate surface area is 122 Å². The molecule has 0 radical (unpaired) electrons. The molecule has 1 heterocycles. The summed E-state index contributed by atoms with van der Waals surface area (Å²) in [6, 6.07) is 10.8. The van der Waals surface area contributed by atoms with Crippen molar-refractivity contribution in [3.63, 3.8) is 0 Å². The van der Waals surface area contributed by atoms with E-state index in [4.69, 9.17) is 0 Å². The molecule has 0 atom stereocenters. The highest BCUT2D eigenvalue weighted by Crippen LogP contribution is 2.17. The molecule has 0 bridgehead atoms. The van der Waals surface area contributed by atoms with Gasteiger partial charge in [0.25, 0.3) is 0 Å². The highest BCUT2D eigenvalue weighted by atomic mass is 14.9. The van der Waals surface area contributed by atoms with Gasteiger partial charge in [-0.3, -0.25) is 0 Å². The minimum absolute atomic E-state index is 0.990. The molecule has 0 saturated heterocycles. The van der Waals surface area contributed by atoms with E-state index >= 15 is 0 Å². The molecular formula is C19H25N. The number of fused-ring (bicyclic) bond motifs is 1. The average molecular weight is 267 g/mol. The zero-order valence-corrected chi connectivity index (χ0v) is 12.9. The second kappa shape index (κ2) is 7.14. The third-order valence-electron chi connectivity index (χ3n) is 3.68. The summed E-state index contributed by atoms with van der Waals surface area (Å²) in [4.78, 5) is 0. The van der Waals surface area contributed by atoms with Crippen molar-refractivity contribution < 1.29 is 0 Å². The number of rotatable bonds is 6. The lowest BCUT2D eigenvalue weighted by atomic mass is 10.1. The van der Waals surface area contributed by atoms with E-state index in [2.05, 4.69) is 74.0 Å². The van der Waals surface area contributed by atoms with E-state index in [0.717, 1.165) is 19.4 Å². The third kappa shape index (κ3) is 3.86. The van der Waals surface area contributed by atoms with Crippen molar-refractivity contribution in [2.45, 2.75) is 46.6 Å². The Morgan fingerprint density at radius 3 is 2.65 bits per heavy atom. The van der Waals surface area contributed by atoms with Gasteiger partial charge in [-0.05, 0) is 50.6 Å². The molecule has 1 heteroatoms. The SMILES string of the molecule is CC/C=C(\C)CC/C=C(\C)Cn1ccc2ccccc21. The van der Waals surface area contributed by atoms with Gasteiger partial charge in [0.15, 0.2) is 0 Å². The van der Waals surface area contributed by atoms with Crippen molar-refractivity contribution in [2.75, 3.05) is 0 Å². The summed E-state index contributed by atoms with van der Waals surface area (Å²) in [6.45, 7) is 7.64. The van der Waals surface area contributed by atoms with E-state index in [-0.39, 0.29) is 0 Å². The number of hydrogen-bond donors (Lipinski definition) is 0. The van der Waals surface area contributed by atoms with Crippen molar-refractivity contribution in [1.29, 1.82) is 0 Å². The van der Waals surface area contributed by atoms with Crippen LogP contribution in [-0.4, -0.2) is 4.57 Å². The predicted molar refractivity (Wildman–Crippen MR) is 89.0 cm³/mol. The van der Waals surface area contributed by atoms with Crippen LogP contribution in [0.15, 0.2) is 59.8 Å². The van der Waals surface area contributed by atoms with E-state index in [1.54, 1.807) is 0 Å². The van der Waals surface area contributed by atoms with Crippen LogP contribution in [-0.2, 0) is 6.54 Å². The number of para-hydroxylation sites is 1. The van der Waals surface area contributed by atoms with Crippen LogP contribution in [0, 0.1) is 0 Å². The Bertz CT molecular complexity index is 613.